The van der Waals surface area contributed by atoms with Crippen LogP contribution in [0.2, 0.25) is 0 Å². The predicted molar refractivity (Wildman–Crippen MR) is 74.7 cm³/mol. The van der Waals surface area contributed by atoms with Crippen LogP contribution in [0.1, 0.15) is 29.2 Å². The fraction of sp³-hybridized carbons (Fsp3) is 0.667. The fourth-order valence-corrected chi connectivity index (χ4v) is 3.22. The second-order valence-corrected chi connectivity index (χ2v) is 5.92. The third kappa shape index (κ3) is 3.31. The molecule has 23 heavy (non-hydrogen) atoms. The molecule has 0 saturated carbocycles. The van der Waals surface area contributed by atoms with Gasteiger partial charge in [0, 0.05) is 30.3 Å². The van der Waals surface area contributed by atoms with Crippen molar-refractivity contribution in [1.82, 2.24) is 14.9 Å². The molecule has 5 nitrogen and oxygen atoms in total. The lowest BCUT2D eigenvalue weighted by molar-refractivity contribution is -0.144. The van der Waals surface area contributed by atoms with Crippen molar-refractivity contribution in [2.24, 2.45) is 5.92 Å². The van der Waals surface area contributed by atoms with Gasteiger partial charge in [0.1, 0.15) is 5.82 Å². The van der Waals surface area contributed by atoms with E-state index in [1.165, 1.54) is 6.92 Å². The summed E-state index contributed by atoms with van der Waals surface area (Å²) in [6.07, 6.45) is -3.57. The molecular weight excluding hydrogens is 311 g/mol. The van der Waals surface area contributed by atoms with Crippen LogP contribution in [-0.4, -0.2) is 47.1 Å². The number of halogens is 3. The monoisotopic (exact) mass is 329 g/mol. The van der Waals surface area contributed by atoms with Crippen LogP contribution in [0, 0.1) is 12.8 Å². The number of hydrogen-bond donors (Lipinski definition) is 0. The minimum atomic E-state index is -4.53. The Bertz CT molecular complexity index is 613. The van der Waals surface area contributed by atoms with Crippen LogP contribution in [0.15, 0.2) is 0 Å². The van der Waals surface area contributed by atoms with E-state index in [1.807, 2.05) is 0 Å². The molecule has 1 aliphatic heterocycles. The number of amides is 1. The van der Waals surface area contributed by atoms with Gasteiger partial charge in [-0.1, -0.05) is 0 Å². The zero-order valence-corrected chi connectivity index (χ0v) is 12.8. The quantitative estimate of drug-likeness (QED) is 0.788. The van der Waals surface area contributed by atoms with E-state index in [-0.39, 0.29) is 23.7 Å². The SMILES string of the molecule is Cc1nc2c(c(C(F)(F)F)n1)C[C@H](C(=O)N1CCOCC1)CC2. The fourth-order valence-electron chi connectivity index (χ4n) is 3.22. The zero-order chi connectivity index (χ0) is 16.6. The predicted octanol–water partition coefficient (Wildman–Crippen LogP) is 1.77. The van der Waals surface area contributed by atoms with E-state index in [2.05, 4.69) is 9.97 Å². The smallest absolute Gasteiger partial charge is 0.378 e. The van der Waals surface area contributed by atoms with Crippen molar-refractivity contribution in [3.05, 3.63) is 22.8 Å². The van der Waals surface area contributed by atoms with E-state index < -0.39 is 17.8 Å². The number of alkyl halides is 3. The van der Waals surface area contributed by atoms with E-state index in [9.17, 15) is 18.0 Å². The molecule has 1 atom stereocenters. The second-order valence-electron chi connectivity index (χ2n) is 5.92. The van der Waals surface area contributed by atoms with Crippen molar-refractivity contribution in [3.8, 4) is 0 Å². The maximum absolute atomic E-state index is 13.2. The molecular formula is C15H18F3N3O2. The lowest BCUT2D eigenvalue weighted by Crippen LogP contribution is -2.45. The van der Waals surface area contributed by atoms with E-state index in [0.717, 1.165) is 0 Å². The summed E-state index contributed by atoms with van der Waals surface area (Å²) in [5.41, 5.74) is -0.378. The van der Waals surface area contributed by atoms with Gasteiger partial charge >= 0.3 is 6.18 Å². The summed E-state index contributed by atoms with van der Waals surface area (Å²) in [7, 11) is 0. The molecule has 3 rings (SSSR count). The molecule has 0 bridgehead atoms. The molecule has 2 heterocycles. The minimum absolute atomic E-state index is 0.0562. The van der Waals surface area contributed by atoms with Gasteiger partial charge in [0.05, 0.1) is 13.2 Å². The van der Waals surface area contributed by atoms with Gasteiger partial charge in [-0.25, -0.2) is 9.97 Å². The highest BCUT2D eigenvalue weighted by Gasteiger charge is 2.40. The molecule has 0 radical (unpaired) electrons. The van der Waals surface area contributed by atoms with Gasteiger partial charge in [0.2, 0.25) is 5.91 Å². The molecule has 0 aromatic carbocycles. The van der Waals surface area contributed by atoms with Crippen molar-refractivity contribution in [2.45, 2.75) is 32.4 Å². The van der Waals surface area contributed by atoms with Crippen LogP contribution in [0.3, 0.4) is 0 Å². The first kappa shape index (κ1) is 16.2. The average Bonchev–Trinajstić information content (AvgIpc) is 2.53. The first-order valence-electron chi connectivity index (χ1n) is 7.66. The van der Waals surface area contributed by atoms with Crippen LogP contribution in [0.25, 0.3) is 0 Å². The van der Waals surface area contributed by atoms with Crippen LogP contribution in [0.4, 0.5) is 13.2 Å². The molecule has 1 aliphatic carbocycles. The molecule has 1 aromatic heterocycles. The van der Waals surface area contributed by atoms with E-state index >= 15 is 0 Å². The van der Waals surface area contributed by atoms with Gasteiger partial charge in [0.25, 0.3) is 0 Å². The van der Waals surface area contributed by atoms with Gasteiger partial charge in [-0.15, -0.1) is 0 Å². The molecule has 0 spiro atoms. The Morgan fingerprint density at radius 2 is 1.96 bits per heavy atom. The molecule has 2 aliphatic rings. The van der Waals surface area contributed by atoms with Crippen molar-refractivity contribution in [1.29, 1.82) is 0 Å². The highest BCUT2D eigenvalue weighted by Crippen LogP contribution is 2.36. The first-order chi connectivity index (χ1) is 10.9. The summed E-state index contributed by atoms with van der Waals surface area (Å²) in [4.78, 5) is 21.9. The van der Waals surface area contributed by atoms with Crippen LogP contribution < -0.4 is 0 Å². The molecule has 1 fully saturated rings. The third-order valence-electron chi connectivity index (χ3n) is 4.33. The van der Waals surface area contributed by atoms with Crippen LogP contribution >= 0.6 is 0 Å². The highest BCUT2D eigenvalue weighted by molar-refractivity contribution is 5.79. The Labute approximate surface area is 131 Å². The normalized spacial score (nSPS) is 21.9. The van der Waals surface area contributed by atoms with Gasteiger partial charge in [-0.2, -0.15) is 13.2 Å². The Hall–Kier alpha value is -1.70. The average molecular weight is 329 g/mol. The molecule has 126 valence electrons. The highest BCUT2D eigenvalue weighted by atomic mass is 19.4. The summed E-state index contributed by atoms with van der Waals surface area (Å²) in [5.74, 6) is -0.408. The van der Waals surface area contributed by atoms with Gasteiger partial charge < -0.3 is 9.64 Å². The Morgan fingerprint density at radius 1 is 1.26 bits per heavy atom. The Morgan fingerprint density at radius 3 is 2.61 bits per heavy atom. The number of morpholine rings is 1. The number of nitrogens with zero attached hydrogens (tertiary/aromatic N) is 3. The number of hydrogen-bond acceptors (Lipinski definition) is 4. The lowest BCUT2D eigenvalue weighted by Gasteiger charge is -2.32. The van der Waals surface area contributed by atoms with Crippen LogP contribution in [0.5, 0.6) is 0 Å². The summed E-state index contributed by atoms with van der Waals surface area (Å²) < 4.78 is 44.9. The van der Waals surface area contributed by atoms with E-state index in [0.29, 0.717) is 44.8 Å². The van der Waals surface area contributed by atoms with E-state index in [1.54, 1.807) is 4.90 Å². The van der Waals surface area contributed by atoms with Crippen molar-refractivity contribution < 1.29 is 22.7 Å². The van der Waals surface area contributed by atoms with E-state index in [4.69, 9.17) is 4.74 Å². The second kappa shape index (κ2) is 6.07. The summed E-state index contributed by atoms with van der Waals surface area (Å²) >= 11 is 0. The number of carbonyl (C=O) groups is 1. The third-order valence-corrected chi connectivity index (χ3v) is 4.33. The van der Waals surface area contributed by atoms with Crippen molar-refractivity contribution in [2.75, 3.05) is 26.3 Å². The first-order valence-corrected chi connectivity index (χ1v) is 7.66. The molecule has 8 heteroatoms. The van der Waals surface area contributed by atoms with Crippen molar-refractivity contribution >= 4 is 5.91 Å². The maximum atomic E-state index is 13.2. The summed E-state index contributed by atoms with van der Waals surface area (Å²) in [6.45, 7) is 3.41. The number of aryl methyl sites for hydroxylation is 2. The van der Waals surface area contributed by atoms with Crippen molar-refractivity contribution in [3.63, 3.8) is 0 Å². The summed E-state index contributed by atoms with van der Waals surface area (Å²) in [5, 5.41) is 0. The van der Waals surface area contributed by atoms with Gasteiger partial charge in [0.15, 0.2) is 5.69 Å². The molecule has 0 unspecified atom stereocenters. The molecule has 0 N–H and O–H groups in total. The minimum Gasteiger partial charge on any atom is -0.378 e. The largest absolute Gasteiger partial charge is 0.433 e. The standard InChI is InChI=1S/C15H18F3N3O2/c1-9-19-12-3-2-10(14(22)21-4-6-23-7-5-21)8-11(12)13(20-9)15(16,17)18/h10H,2-8H2,1H3/t10-/m1/s1. The number of fused-ring (bicyclic) bond motifs is 1. The number of carbonyl (C=O) groups excluding carboxylic acids is 1. The molecule has 1 aromatic rings. The number of aromatic nitrogens is 2. The number of ether oxygens (including phenoxy) is 1. The lowest BCUT2D eigenvalue weighted by atomic mass is 9.84. The Kier molecular flexibility index (Phi) is 4.27. The Balaban J connectivity index is 1.86. The number of rotatable bonds is 1. The van der Waals surface area contributed by atoms with Gasteiger partial charge in [-0.05, 0) is 26.2 Å². The zero-order valence-electron chi connectivity index (χ0n) is 12.8. The van der Waals surface area contributed by atoms with Gasteiger partial charge in [-0.3, -0.25) is 4.79 Å². The summed E-state index contributed by atoms with van der Waals surface area (Å²) in [6, 6.07) is 0. The molecule has 1 saturated heterocycles. The maximum Gasteiger partial charge on any atom is 0.433 e. The van der Waals surface area contributed by atoms with Crippen LogP contribution in [-0.2, 0) is 28.5 Å². The topological polar surface area (TPSA) is 55.3 Å². The molecule has 1 amide bonds.